The number of benzene rings is 1. The molecule has 0 aliphatic heterocycles. The number of nitrogens with zero attached hydrogens (tertiary/aromatic N) is 2. The first-order valence-corrected chi connectivity index (χ1v) is 7.27. The lowest BCUT2D eigenvalue weighted by Gasteiger charge is -2.17. The summed E-state index contributed by atoms with van der Waals surface area (Å²) in [5, 5.41) is 3.05. The Balaban J connectivity index is 1.70. The molecule has 116 valence electrons. The molecular weight excluding hydrogens is 281 g/mol. The summed E-state index contributed by atoms with van der Waals surface area (Å²) in [4.78, 5) is 17.7. The molecule has 1 heterocycles. The first-order valence-electron chi connectivity index (χ1n) is 7.27. The number of anilines is 1. The van der Waals surface area contributed by atoms with Crippen LogP contribution in [0.15, 0.2) is 48.8 Å². The van der Waals surface area contributed by atoms with Gasteiger partial charge in [0.05, 0.1) is 0 Å². The fraction of sp³-hybridized carbons (Fsp3) is 0.294. The van der Waals surface area contributed by atoms with Crippen LogP contribution in [0.25, 0.3) is 0 Å². The van der Waals surface area contributed by atoms with Crippen LogP contribution in [-0.4, -0.2) is 35.9 Å². The summed E-state index contributed by atoms with van der Waals surface area (Å²) in [5.41, 5.74) is 1.85. The van der Waals surface area contributed by atoms with Gasteiger partial charge in [-0.1, -0.05) is 6.07 Å². The van der Waals surface area contributed by atoms with Gasteiger partial charge in [-0.3, -0.25) is 9.78 Å². The maximum absolute atomic E-state index is 13.0. The zero-order valence-corrected chi connectivity index (χ0v) is 12.6. The summed E-state index contributed by atoms with van der Waals surface area (Å²) in [6, 6.07) is 10.1. The van der Waals surface area contributed by atoms with Gasteiger partial charge in [-0.15, -0.1) is 0 Å². The fourth-order valence-corrected chi connectivity index (χ4v) is 2.07. The topological polar surface area (TPSA) is 45.2 Å². The molecule has 0 atom stereocenters. The Hall–Kier alpha value is -2.43. The van der Waals surface area contributed by atoms with Crippen molar-refractivity contribution in [3.05, 3.63) is 60.2 Å². The van der Waals surface area contributed by atoms with E-state index >= 15 is 0 Å². The molecule has 1 N–H and O–H groups in total. The van der Waals surface area contributed by atoms with Crippen molar-refractivity contribution < 1.29 is 9.18 Å². The third kappa shape index (κ3) is 5.16. The van der Waals surface area contributed by atoms with Gasteiger partial charge in [0.2, 0.25) is 5.91 Å². The van der Waals surface area contributed by atoms with Crippen molar-refractivity contribution in [2.75, 3.05) is 25.5 Å². The third-order valence-corrected chi connectivity index (χ3v) is 3.40. The largest absolute Gasteiger partial charge is 0.384 e. The summed E-state index contributed by atoms with van der Waals surface area (Å²) < 4.78 is 13.0. The van der Waals surface area contributed by atoms with Crippen molar-refractivity contribution in [1.82, 2.24) is 9.88 Å². The molecule has 0 saturated heterocycles. The molecule has 0 radical (unpaired) electrons. The zero-order chi connectivity index (χ0) is 15.8. The monoisotopic (exact) mass is 301 g/mol. The first-order chi connectivity index (χ1) is 10.6. The minimum atomic E-state index is -0.286. The standard InChI is InChI=1S/C17H20FN3O/c1-21(12-8-14-5-9-19-10-6-14)17(22)7-11-20-16-4-2-3-15(18)13-16/h2-6,9-10,13,20H,7-8,11-12H2,1H3. The number of aromatic nitrogens is 1. The molecular formula is C17H20FN3O. The Labute approximate surface area is 130 Å². The lowest BCUT2D eigenvalue weighted by molar-refractivity contribution is -0.129. The van der Waals surface area contributed by atoms with Crippen LogP contribution in [0.3, 0.4) is 0 Å². The highest BCUT2D eigenvalue weighted by Gasteiger charge is 2.08. The van der Waals surface area contributed by atoms with Gasteiger partial charge < -0.3 is 10.2 Å². The predicted octanol–water partition coefficient (Wildman–Crippen LogP) is 2.72. The van der Waals surface area contributed by atoms with Crippen LogP contribution in [0.1, 0.15) is 12.0 Å². The second-order valence-electron chi connectivity index (χ2n) is 5.11. The normalized spacial score (nSPS) is 10.3. The lowest BCUT2D eigenvalue weighted by atomic mass is 10.2. The molecule has 4 nitrogen and oxygen atoms in total. The van der Waals surface area contributed by atoms with Gasteiger partial charge in [0, 0.05) is 44.6 Å². The van der Waals surface area contributed by atoms with E-state index in [0.717, 1.165) is 12.0 Å². The molecule has 0 aliphatic carbocycles. The van der Waals surface area contributed by atoms with E-state index in [1.54, 1.807) is 36.5 Å². The maximum atomic E-state index is 13.0. The molecule has 2 rings (SSSR count). The number of halogens is 1. The van der Waals surface area contributed by atoms with Gasteiger partial charge >= 0.3 is 0 Å². The molecule has 0 spiro atoms. The highest BCUT2D eigenvalue weighted by Crippen LogP contribution is 2.09. The summed E-state index contributed by atoms with van der Waals surface area (Å²) in [6.07, 6.45) is 4.69. The number of hydrogen-bond donors (Lipinski definition) is 1. The van der Waals surface area contributed by atoms with Gasteiger partial charge in [0.1, 0.15) is 5.82 Å². The van der Waals surface area contributed by atoms with Crippen molar-refractivity contribution in [2.24, 2.45) is 0 Å². The van der Waals surface area contributed by atoms with Crippen molar-refractivity contribution in [3.8, 4) is 0 Å². The van der Waals surface area contributed by atoms with E-state index in [-0.39, 0.29) is 11.7 Å². The molecule has 1 aromatic carbocycles. The highest BCUT2D eigenvalue weighted by molar-refractivity contribution is 5.76. The van der Waals surface area contributed by atoms with Crippen LogP contribution in [0.5, 0.6) is 0 Å². The predicted molar refractivity (Wildman–Crippen MR) is 85.1 cm³/mol. The minimum Gasteiger partial charge on any atom is -0.384 e. The molecule has 1 aromatic heterocycles. The van der Waals surface area contributed by atoms with Crippen LogP contribution in [0, 0.1) is 5.82 Å². The van der Waals surface area contributed by atoms with E-state index in [1.165, 1.54) is 12.1 Å². The summed E-state index contributed by atoms with van der Waals surface area (Å²) >= 11 is 0. The molecule has 22 heavy (non-hydrogen) atoms. The Morgan fingerprint density at radius 1 is 1.27 bits per heavy atom. The van der Waals surface area contributed by atoms with Crippen LogP contribution in [-0.2, 0) is 11.2 Å². The molecule has 0 bridgehead atoms. The summed E-state index contributed by atoms with van der Waals surface area (Å²) in [5.74, 6) is -0.219. The van der Waals surface area contributed by atoms with Crippen LogP contribution in [0.2, 0.25) is 0 Å². The minimum absolute atomic E-state index is 0.0676. The fourth-order valence-electron chi connectivity index (χ4n) is 2.07. The number of amides is 1. The molecule has 2 aromatic rings. The van der Waals surface area contributed by atoms with Crippen molar-refractivity contribution >= 4 is 11.6 Å². The summed E-state index contributed by atoms with van der Waals surface area (Å²) in [7, 11) is 1.80. The number of nitrogens with one attached hydrogen (secondary N) is 1. The lowest BCUT2D eigenvalue weighted by Crippen LogP contribution is -2.30. The molecule has 1 amide bonds. The first kappa shape index (κ1) is 15.9. The quantitative estimate of drug-likeness (QED) is 0.855. The molecule has 0 aliphatic rings. The van der Waals surface area contributed by atoms with Crippen LogP contribution < -0.4 is 5.32 Å². The molecule has 0 saturated carbocycles. The number of likely N-dealkylation sites (N-methyl/N-ethyl adjacent to an activating group) is 1. The highest BCUT2D eigenvalue weighted by atomic mass is 19.1. The molecule has 5 heteroatoms. The van der Waals surface area contributed by atoms with Gasteiger partial charge in [0.15, 0.2) is 0 Å². The van der Waals surface area contributed by atoms with E-state index < -0.39 is 0 Å². The Kier molecular flexibility index (Phi) is 5.89. The van der Waals surface area contributed by atoms with Crippen LogP contribution >= 0.6 is 0 Å². The van der Waals surface area contributed by atoms with Gasteiger partial charge in [-0.05, 0) is 42.3 Å². The Bertz CT molecular complexity index is 604. The molecule has 0 fully saturated rings. The molecule has 0 unspecified atom stereocenters. The zero-order valence-electron chi connectivity index (χ0n) is 12.6. The number of rotatable bonds is 7. The van der Waals surface area contributed by atoms with Crippen LogP contribution in [0.4, 0.5) is 10.1 Å². The number of hydrogen-bond acceptors (Lipinski definition) is 3. The summed E-state index contributed by atoms with van der Waals surface area (Å²) in [6.45, 7) is 1.16. The van der Waals surface area contributed by atoms with E-state index in [4.69, 9.17) is 0 Å². The van der Waals surface area contributed by atoms with E-state index in [9.17, 15) is 9.18 Å². The van der Waals surface area contributed by atoms with E-state index in [1.807, 2.05) is 12.1 Å². The van der Waals surface area contributed by atoms with Gasteiger partial charge in [-0.2, -0.15) is 0 Å². The van der Waals surface area contributed by atoms with E-state index in [2.05, 4.69) is 10.3 Å². The number of pyridine rings is 1. The number of carbonyl (C=O) groups excluding carboxylic acids is 1. The third-order valence-electron chi connectivity index (χ3n) is 3.40. The average Bonchev–Trinajstić information content (AvgIpc) is 2.53. The van der Waals surface area contributed by atoms with Gasteiger partial charge in [-0.25, -0.2) is 4.39 Å². The Morgan fingerprint density at radius 3 is 2.77 bits per heavy atom. The average molecular weight is 301 g/mol. The van der Waals surface area contributed by atoms with Gasteiger partial charge in [0.25, 0.3) is 0 Å². The number of carbonyl (C=O) groups is 1. The smallest absolute Gasteiger partial charge is 0.224 e. The van der Waals surface area contributed by atoms with E-state index in [0.29, 0.717) is 25.2 Å². The Morgan fingerprint density at radius 2 is 2.05 bits per heavy atom. The second kappa shape index (κ2) is 8.12. The maximum Gasteiger partial charge on any atom is 0.224 e. The van der Waals surface area contributed by atoms with Crippen molar-refractivity contribution in [2.45, 2.75) is 12.8 Å². The van der Waals surface area contributed by atoms with Crippen molar-refractivity contribution in [3.63, 3.8) is 0 Å². The SMILES string of the molecule is CN(CCc1ccncc1)C(=O)CCNc1cccc(F)c1. The van der Waals surface area contributed by atoms with Crippen molar-refractivity contribution in [1.29, 1.82) is 0 Å². The second-order valence-corrected chi connectivity index (χ2v) is 5.11.